The molecular weight excluding hydrogens is 524 g/mol. The van der Waals surface area contributed by atoms with Crippen molar-refractivity contribution in [1.29, 1.82) is 0 Å². The first-order chi connectivity index (χ1) is 16.4. The van der Waals surface area contributed by atoms with E-state index in [9.17, 15) is 14.4 Å². The van der Waals surface area contributed by atoms with Crippen LogP contribution in [0.4, 0.5) is 10.5 Å². The third-order valence-electron chi connectivity index (χ3n) is 5.00. The lowest BCUT2D eigenvalue weighted by atomic mass is 10.1. The highest BCUT2D eigenvalue weighted by atomic mass is 79.9. The van der Waals surface area contributed by atoms with Crippen molar-refractivity contribution < 1.29 is 23.9 Å². The number of nitrogens with one attached hydrogen (secondary N) is 1. The lowest BCUT2D eigenvalue weighted by Gasteiger charge is -2.26. The number of methoxy groups -OCH3 is 1. The van der Waals surface area contributed by atoms with Gasteiger partial charge in [0, 0.05) is 21.1 Å². The lowest BCUT2D eigenvalue weighted by molar-refractivity contribution is -0.122. The summed E-state index contributed by atoms with van der Waals surface area (Å²) in [7, 11) is 1.53. The maximum atomic E-state index is 13.2. The van der Waals surface area contributed by atoms with Crippen molar-refractivity contribution >= 4 is 57.1 Å². The topological polar surface area (TPSA) is 84.9 Å². The molecule has 0 saturated carbocycles. The Morgan fingerprint density at radius 2 is 1.79 bits per heavy atom. The number of benzene rings is 3. The molecule has 172 valence electrons. The molecule has 0 aliphatic carbocycles. The van der Waals surface area contributed by atoms with Crippen LogP contribution >= 0.6 is 27.5 Å². The molecule has 0 radical (unpaired) electrons. The first-order valence-corrected chi connectivity index (χ1v) is 11.2. The predicted molar refractivity (Wildman–Crippen MR) is 132 cm³/mol. The lowest BCUT2D eigenvalue weighted by Crippen LogP contribution is -2.54. The van der Waals surface area contributed by atoms with Crippen LogP contribution in [0.5, 0.6) is 11.5 Å². The summed E-state index contributed by atoms with van der Waals surface area (Å²) in [5.74, 6) is -0.627. The molecule has 0 spiro atoms. The Morgan fingerprint density at radius 1 is 1.03 bits per heavy atom. The number of urea groups is 1. The average Bonchev–Trinajstić information content (AvgIpc) is 2.81. The zero-order chi connectivity index (χ0) is 24.2. The maximum Gasteiger partial charge on any atom is 0.335 e. The van der Waals surface area contributed by atoms with E-state index in [0.717, 1.165) is 14.9 Å². The molecular formula is C25H18BrClN2O5. The SMILES string of the molecule is COc1ccc(/C=C2\C(=O)NC(=O)N(c3cccc(Cl)c3)C2=O)c(OCc2ccc(Br)cc2)c1. The number of carbonyl (C=O) groups excluding carboxylic acids is 3. The van der Waals surface area contributed by atoms with Crippen molar-refractivity contribution in [3.8, 4) is 11.5 Å². The van der Waals surface area contributed by atoms with Gasteiger partial charge in [0.1, 0.15) is 23.7 Å². The Balaban J connectivity index is 1.68. The van der Waals surface area contributed by atoms with Gasteiger partial charge in [0.25, 0.3) is 11.8 Å². The van der Waals surface area contributed by atoms with Crippen LogP contribution in [0.2, 0.25) is 5.02 Å². The Labute approximate surface area is 209 Å². The van der Waals surface area contributed by atoms with Crippen LogP contribution in [0.15, 0.2) is 76.8 Å². The van der Waals surface area contributed by atoms with Crippen molar-refractivity contribution in [3.63, 3.8) is 0 Å². The molecule has 34 heavy (non-hydrogen) atoms. The molecule has 3 aromatic carbocycles. The Kier molecular flexibility index (Phi) is 7.00. The number of imide groups is 2. The van der Waals surface area contributed by atoms with Gasteiger partial charge in [0.2, 0.25) is 0 Å². The molecule has 4 rings (SSSR count). The number of ether oxygens (including phenoxy) is 2. The van der Waals surface area contributed by atoms with Gasteiger partial charge in [-0.1, -0.05) is 45.7 Å². The second kappa shape index (κ2) is 10.1. The third kappa shape index (κ3) is 5.13. The minimum absolute atomic E-state index is 0.224. The number of hydrogen-bond acceptors (Lipinski definition) is 5. The number of hydrogen-bond donors (Lipinski definition) is 1. The first-order valence-electron chi connectivity index (χ1n) is 10.1. The Bertz CT molecular complexity index is 1310. The molecule has 0 atom stereocenters. The van der Waals surface area contributed by atoms with Crippen molar-refractivity contribution in [1.82, 2.24) is 5.32 Å². The summed E-state index contributed by atoms with van der Waals surface area (Å²) < 4.78 is 12.2. The number of carbonyl (C=O) groups is 3. The maximum absolute atomic E-state index is 13.2. The van der Waals surface area contributed by atoms with Crippen molar-refractivity contribution in [3.05, 3.63) is 92.9 Å². The van der Waals surface area contributed by atoms with Gasteiger partial charge in [0.05, 0.1) is 12.8 Å². The number of amides is 4. The van der Waals surface area contributed by atoms with Crippen LogP contribution in [0.1, 0.15) is 11.1 Å². The molecule has 0 bridgehead atoms. The van der Waals surface area contributed by atoms with Crippen LogP contribution in [0.25, 0.3) is 6.08 Å². The Morgan fingerprint density at radius 3 is 2.50 bits per heavy atom. The van der Waals surface area contributed by atoms with Crippen molar-refractivity contribution in [2.45, 2.75) is 6.61 Å². The number of halogens is 2. The number of barbiturate groups is 1. The Hall–Kier alpha value is -3.62. The van der Waals surface area contributed by atoms with Crippen LogP contribution in [-0.4, -0.2) is 25.0 Å². The summed E-state index contributed by atoms with van der Waals surface area (Å²) in [5, 5.41) is 2.55. The van der Waals surface area contributed by atoms with Crippen LogP contribution < -0.4 is 19.7 Å². The normalized spacial score (nSPS) is 14.9. The van der Waals surface area contributed by atoms with Crippen LogP contribution in [0.3, 0.4) is 0 Å². The van der Waals surface area contributed by atoms with Crippen molar-refractivity contribution in [2.75, 3.05) is 12.0 Å². The summed E-state index contributed by atoms with van der Waals surface area (Å²) in [6, 6.07) is 18.0. The zero-order valence-electron chi connectivity index (χ0n) is 17.9. The fourth-order valence-electron chi connectivity index (χ4n) is 3.29. The monoisotopic (exact) mass is 540 g/mol. The molecule has 1 N–H and O–H groups in total. The predicted octanol–water partition coefficient (Wildman–Crippen LogP) is 5.36. The second-order valence-corrected chi connectivity index (χ2v) is 8.61. The van der Waals surface area contributed by atoms with E-state index < -0.39 is 17.8 Å². The van der Waals surface area contributed by atoms with Gasteiger partial charge in [-0.25, -0.2) is 9.69 Å². The smallest absolute Gasteiger partial charge is 0.335 e. The summed E-state index contributed by atoms with van der Waals surface area (Å²) in [6.07, 6.45) is 1.39. The van der Waals surface area contributed by atoms with Gasteiger partial charge < -0.3 is 9.47 Å². The van der Waals surface area contributed by atoms with Crippen molar-refractivity contribution in [2.24, 2.45) is 0 Å². The number of rotatable bonds is 6. The van der Waals surface area contributed by atoms with E-state index in [-0.39, 0.29) is 17.9 Å². The standard InChI is InChI=1S/C25H18BrClN2O5/c1-33-20-10-7-16(22(13-20)34-14-15-5-8-17(26)9-6-15)11-21-23(30)28-25(32)29(24(21)31)19-4-2-3-18(27)12-19/h2-13H,14H2,1H3,(H,28,30,32)/b21-11+. The highest BCUT2D eigenvalue weighted by molar-refractivity contribution is 9.10. The first kappa shape index (κ1) is 23.5. The fourth-order valence-corrected chi connectivity index (χ4v) is 3.74. The molecule has 1 heterocycles. The molecule has 0 unspecified atom stereocenters. The van der Waals surface area contributed by atoms with E-state index in [1.54, 1.807) is 36.4 Å². The summed E-state index contributed by atoms with van der Waals surface area (Å²) >= 11 is 9.41. The highest BCUT2D eigenvalue weighted by Crippen LogP contribution is 2.30. The van der Waals surface area contributed by atoms with E-state index >= 15 is 0 Å². The molecule has 1 fully saturated rings. The molecule has 1 aliphatic heterocycles. The quantitative estimate of drug-likeness (QED) is 0.336. The van der Waals surface area contributed by atoms with Crippen LogP contribution in [-0.2, 0) is 16.2 Å². The van der Waals surface area contributed by atoms with Gasteiger partial charge in [-0.3, -0.25) is 14.9 Å². The largest absolute Gasteiger partial charge is 0.497 e. The molecule has 4 amide bonds. The van der Waals surface area contributed by atoms with Gasteiger partial charge in [-0.2, -0.15) is 0 Å². The van der Waals surface area contributed by atoms with E-state index in [0.29, 0.717) is 22.1 Å². The minimum atomic E-state index is -0.851. The molecule has 1 aliphatic rings. The summed E-state index contributed by atoms with van der Waals surface area (Å²) in [4.78, 5) is 39.0. The number of nitrogens with zero attached hydrogens (tertiary/aromatic N) is 1. The van der Waals surface area contributed by atoms with Gasteiger partial charge in [-0.15, -0.1) is 0 Å². The molecule has 7 nitrogen and oxygen atoms in total. The van der Waals surface area contributed by atoms with E-state index in [1.807, 2.05) is 24.3 Å². The van der Waals surface area contributed by atoms with E-state index in [4.69, 9.17) is 21.1 Å². The summed E-state index contributed by atoms with van der Waals surface area (Å²) in [6.45, 7) is 0.254. The van der Waals surface area contributed by atoms with Gasteiger partial charge in [0.15, 0.2) is 0 Å². The third-order valence-corrected chi connectivity index (χ3v) is 5.76. The van der Waals surface area contributed by atoms with Gasteiger partial charge in [-0.05, 0) is 54.1 Å². The fraction of sp³-hybridized carbons (Fsp3) is 0.0800. The molecule has 3 aromatic rings. The second-order valence-electron chi connectivity index (χ2n) is 7.26. The summed E-state index contributed by atoms with van der Waals surface area (Å²) in [5.41, 5.74) is 1.42. The van der Waals surface area contributed by atoms with Crippen LogP contribution in [0, 0.1) is 0 Å². The molecule has 9 heteroatoms. The van der Waals surface area contributed by atoms with E-state index in [1.165, 1.54) is 19.3 Å². The van der Waals surface area contributed by atoms with Gasteiger partial charge >= 0.3 is 6.03 Å². The van der Waals surface area contributed by atoms with E-state index in [2.05, 4.69) is 21.2 Å². The molecule has 1 saturated heterocycles. The molecule has 0 aromatic heterocycles. The zero-order valence-corrected chi connectivity index (χ0v) is 20.2. The number of anilines is 1. The highest BCUT2D eigenvalue weighted by Gasteiger charge is 2.37. The average molecular weight is 542 g/mol. The minimum Gasteiger partial charge on any atom is -0.497 e.